The van der Waals surface area contributed by atoms with Crippen molar-refractivity contribution < 1.29 is 9.59 Å². The Bertz CT molecular complexity index is 270. The van der Waals surface area contributed by atoms with Gasteiger partial charge in [0.15, 0.2) is 5.78 Å². The van der Waals surface area contributed by atoms with Gasteiger partial charge in [0, 0.05) is 12.3 Å². The van der Waals surface area contributed by atoms with Crippen molar-refractivity contribution in [3.63, 3.8) is 0 Å². The van der Waals surface area contributed by atoms with Gasteiger partial charge >= 0.3 is 0 Å². The molecule has 0 radical (unpaired) electrons. The summed E-state index contributed by atoms with van der Waals surface area (Å²) in [6.07, 6.45) is 14.9. The van der Waals surface area contributed by atoms with Crippen molar-refractivity contribution in [2.45, 2.75) is 90.4 Å². The molecule has 1 atom stereocenters. The molecule has 0 aromatic rings. The number of ketones is 2. The molecule has 0 amide bonds. The lowest BCUT2D eigenvalue weighted by Gasteiger charge is -2.10. The van der Waals surface area contributed by atoms with Gasteiger partial charge < -0.3 is 0 Å². The molecule has 0 aromatic carbocycles. The molecule has 19 heavy (non-hydrogen) atoms. The molecule has 1 saturated carbocycles. The summed E-state index contributed by atoms with van der Waals surface area (Å²) >= 11 is 0. The summed E-state index contributed by atoms with van der Waals surface area (Å²) in [5.41, 5.74) is 0. The molecule has 0 saturated heterocycles. The fourth-order valence-electron chi connectivity index (χ4n) is 2.86. The van der Waals surface area contributed by atoms with Crippen molar-refractivity contribution in [3.05, 3.63) is 0 Å². The van der Waals surface area contributed by atoms with Crippen LogP contribution in [0.15, 0.2) is 0 Å². The highest BCUT2D eigenvalue weighted by Gasteiger charge is 2.20. The normalized spacial score (nSPS) is 26.3. The van der Waals surface area contributed by atoms with Crippen molar-refractivity contribution >= 4 is 11.6 Å². The highest BCUT2D eigenvalue weighted by molar-refractivity contribution is 6.37. The largest absolute Gasteiger partial charge is 0.291 e. The predicted molar refractivity (Wildman–Crippen MR) is 79.2 cm³/mol. The molecule has 0 unspecified atom stereocenters. The third-order valence-corrected chi connectivity index (χ3v) is 4.26. The van der Waals surface area contributed by atoms with E-state index in [1.54, 1.807) is 0 Å². The molecule has 1 aliphatic carbocycles. The molecule has 2 heteroatoms. The van der Waals surface area contributed by atoms with Crippen LogP contribution in [-0.4, -0.2) is 11.6 Å². The Morgan fingerprint density at radius 1 is 0.684 bits per heavy atom. The van der Waals surface area contributed by atoms with Crippen molar-refractivity contribution in [1.29, 1.82) is 0 Å². The molecule has 0 heterocycles. The van der Waals surface area contributed by atoms with Gasteiger partial charge in [-0.2, -0.15) is 0 Å². The van der Waals surface area contributed by atoms with Gasteiger partial charge in [-0.05, 0) is 12.8 Å². The van der Waals surface area contributed by atoms with Gasteiger partial charge in [0.05, 0.1) is 0 Å². The van der Waals surface area contributed by atoms with Crippen molar-refractivity contribution in [3.8, 4) is 0 Å². The Labute approximate surface area is 118 Å². The molecule has 0 bridgehead atoms. The van der Waals surface area contributed by atoms with Crippen LogP contribution in [0.2, 0.25) is 0 Å². The van der Waals surface area contributed by atoms with Crippen LogP contribution in [0.1, 0.15) is 90.4 Å². The van der Waals surface area contributed by atoms with Crippen LogP contribution >= 0.6 is 0 Å². The van der Waals surface area contributed by atoms with Gasteiger partial charge in [-0.3, -0.25) is 9.59 Å². The molecule has 0 N–H and O–H groups in total. The number of carbonyl (C=O) groups is 2. The Kier molecular flexibility index (Phi) is 8.77. The van der Waals surface area contributed by atoms with Crippen molar-refractivity contribution in [2.75, 3.05) is 0 Å². The summed E-state index contributed by atoms with van der Waals surface area (Å²) in [6, 6.07) is 0. The minimum absolute atomic E-state index is 0.0552. The standard InChI is InChI=1S/C17H30O2/c1-15-13-11-9-7-5-3-2-4-6-8-10-12-14-16(18)17(15)19/h15H,2-14H2,1H3/t15-/m0/s1. The molecule has 1 fully saturated rings. The van der Waals surface area contributed by atoms with Gasteiger partial charge in [-0.1, -0.05) is 71.1 Å². The average Bonchev–Trinajstić information content (AvgIpc) is 2.41. The Hall–Kier alpha value is -0.660. The van der Waals surface area contributed by atoms with Crippen LogP contribution in [0.4, 0.5) is 0 Å². The maximum Gasteiger partial charge on any atom is 0.201 e. The SMILES string of the molecule is C[C@H]1CCCCCCCCCCCCCC(=O)C1=O. The maximum atomic E-state index is 11.9. The van der Waals surface area contributed by atoms with Gasteiger partial charge in [0.25, 0.3) is 0 Å². The first-order chi connectivity index (χ1) is 9.22. The van der Waals surface area contributed by atoms with Crippen LogP contribution in [-0.2, 0) is 9.59 Å². The topological polar surface area (TPSA) is 34.1 Å². The highest BCUT2D eigenvalue weighted by Crippen LogP contribution is 2.17. The van der Waals surface area contributed by atoms with E-state index < -0.39 is 0 Å². The zero-order valence-electron chi connectivity index (χ0n) is 12.6. The second-order valence-electron chi connectivity index (χ2n) is 6.12. The average molecular weight is 266 g/mol. The minimum atomic E-state index is -0.125. The van der Waals surface area contributed by atoms with E-state index in [4.69, 9.17) is 0 Å². The summed E-state index contributed by atoms with van der Waals surface area (Å²) in [5.74, 6) is -0.299. The maximum absolute atomic E-state index is 11.9. The van der Waals surface area contributed by atoms with E-state index >= 15 is 0 Å². The zero-order chi connectivity index (χ0) is 13.9. The molecule has 2 nitrogen and oxygen atoms in total. The van der Waals surface area contributed by atoms with E-state index in [1.807, 2.05) is 6.92 Å². The van der Waals surface area contributed by atoms with Crippen molar-refractivity contribution in [1.82, 2.24) is 0 Å². The van der Waals surface area contributed by atoms with Crippen LogP contribution in [0.3, 0.4) is 0 Å². The van der Waals surface area contributed by atoms with E-state index in [0.29, 0.717) is 6.42 Å². The number of rotatable bonds is 0. The second-order valence-corrected chi connectivity index (χ2v) is 6.12. The van der Waals surface area contributed by atoms with Crippen LogP contribution in [0, 0.1) is 5.92 Å². The lowest BCUT2D eigenvalue weighted by Crippen LogP contribution is -2.21. The number of Topliss-reactive ketones (excluding diaryl/α,β-unsaturated/α-hetero) is 2. The summed E-state index contributed by atoms with van der Waals surface area (Å²) in [4.78, 5) is 23.7. The summed E-state index contributed by atoms with van der Waals surface area (Å²) in [6.45, 7) is 1.92. The smallest absolute Gasteiger partial charge is 0.201 e. The van der Waals surface area contributed by atoms with Gasteiger partial charge in [0.2, 0.25) is 5.78 Å². The molecule has 110 valence electrons. The number of carbonyl (C=O) groups excluding carboxylic acids is 2. The first-order valence-corrected chi connectivity index (χ1v) is 8.29. The predicted octanol–water partition coefficient (Wildman–Crippen LogP) is 4.85. The lowest BCUT2D eigenvalue weighted by molar-refractivity contribution is -0.138. The quantitative estimate of drug-likeness (QED) is 0.588. The molecular weight excluding hydrogens is 236 g/mol. The minimum Gasteiger partial charge on any atom is -0.291 e. The Morgan fingerprint density at radius 3 is 1.63 bits per heavy atom. The third kappa shape index (κ3) is 7.49. The molecule has 0 aromatic heterocycles. The fourth-order valence-corrected chi connectivity index (χ4v) is 2.86. The first-order valence-electron chi connectivity index (χ1n) is 8.29. The molecule has 1 aliphatic rings. The van der Waals surface area contributed by atoms with Crippen LogP contribution < -0.4 is 0 Å². The summed E-state index contributed by atoms with van der Waals surface area (Å²) < 4.78 is 0. The Balaban J connectivity index is 2.35. The lowest BCUT2D eigenvalue weighted by atomic mass is 9.93. The Morgan fingerprint density at radius 2 is 1.11 bits per heavy atom. The van der Waals surface area contributed by atoms with E-state index in [9.17, 15) is 9.59 Å². The molecular formula is C17H30O2. The second kappa shape index (κ2) is 10.2. The monoisotopic (exact) mass is 266 g/mol. The van der Waals surface area contributed by atoms with Crippen LogP contribution in [0.25, 0.3) is 0 Å². The van der Waals surface area contributed by atoms with Crippen LogP contribution in [0.5, 0.6) is 0 Å². The number of hydrogen-bond acceptors (Lipinski definition) is 2. The summed E-state index contributed by atoms with van der Waals surface area (Å²) in [5, 5.41) is 0. The van der Waals surface area contributed by atoms with Gasteiger partial charge in [-0.15, -0.1) is 0 Å². The molecule has 1 rings (SSSR count). The molecule has 0 spiro atoms. The highest BCUT2D eigenvalue weighted by atomic mass is 16.2. The first kappa shape index (κ1) is 16.4. The van der Waals surface area contributed by atoms with E-state index in [2.05, 4.69) is 0 Å². The molecule has 0 aliphatic heterocycles. The van der Waals surface area contributed by atoms with Gasteiger partial charge in [-0.25, -0.2) is 0 Å². The van der Waals surface area contributed by atoms with E-state index in [-0.39, 0.29) is 17.5 Å². The van der Waals surface area contributed by atoms with E-state index in [1.165, 1.54) is 51.4 Å². The fraction of sp³-hybridized carbons (Fsp3) is 0.882. The van der Waals surface area contributed by atoms with Gasteiger partial charge in [0.1, 0.15) is 0 Å². The van der Waals surface area contributed by atoms with Crippen molar-refractivity contribution in [2.24, 2.45) is 5.92 Å². The number of hydrogen-bond donors (Lipinski definition) is 0. The summed E-state index contributed by atoms with van der Waals surface area (Å²) in [7, 11) is 0. The third-order valence-electron chi connectivity index (χ3n) is 4.26. The zero-order valence-corrected chi connectivity index (χ0v) is 12.6. The van der Waals surface area contributed by atoms with E-state index in [0.717, 1.165) is 25.7 Å².